The van der Waals surface area contributed by atoms with Crippen LogP contribution in [0.4, 0.5) is 0 Å². The number of benzene rings is 1. The molecule has 0 saturated heterocycles. The van der Waals surface area contributed by atoms with Crippen molar-refractivity contribution in [1.29, 1.82) is 0 Å². The lowest BCUT2D eigenvalue weighted by atomic mass is 9.99. The Labute approximate surface area is 108 Å². The average Bonchev–Trinajstić information content (AvgIpc) is 2.34. The highest BCUT2D eigenvalue weighted by Gasteiger charge is 2.33. The van der Waals surface area contributed by atoms with E-state index in [1.807, 2.05) is 0 Å². The van der Waals surface area contributed by atoms with Gasteiger partial charge in [-0.2, -0.15) is 0 Å². The van der Waals surface area contributed by atoms with E-state index in [4.69, 9.17) is 5.11 Å². The summed E-state index contributed by atoms with van der Waals surface area (Å²) in [4.78, 5) is 33.7. The van der Waals surface area contributed by atoms with E-state index >= 15 is 0 Å². The molecule has 102 valence electrons. The summed E-state index contributed by atoms with van der Waals surface area (Å²) in [6, 6.07) is 3.56. The summed E-state index contributed by atoms with van der Waals surface area (Å²) in [5.41, 5.74) is -0.0148. The maximum atomic E-state index is 12.0. The molecule has 1 rings (SSSR count). The Bertz CT molecular complexity index is 513. The molecule has 7 heteroatoms. The van der Waals surface area contributed by atoms with Gasteiger partial charge in [-0.3, -0.25) is 9.59 Å². The second-order valence-electron chi connectivity index (χ2n) is 3.88. The molecular formula is C12H13NO6. The van der Waals surface area contributed by atoms with Crippen molar-refractivity contribution < 1.29 is 29.7 Å². The molecule has 1 aromatic carbocycles. The number of phenolic OH excluding ortho intramolecular Hbond substituents is 1. The van der Waals surface area contributed by atoms with Crippen molar-refractivity contribution in [2.45, 2.75) is 19.1 Å². The Morgan fingerprint density at radius 3 is 2.37 bits per heavy atom. The fraction of sp³-hybridized carbons (Fsp3) is 0.250. The van der Waals surface area contributed by atoms with Crippen LogP contribution in [0, 0.1) is 0 Å². The van der Waals surface area contributed by atoms with Crippen LogP contribution in [0.5, 0.6) is 5.75 Å². The number of carboxylic acid groups (broad SMARTS) is 1. The van der Waals surface area contributed by atoms with Crippen LogP contribution in [0.1, 0.15) is 17.3 Å². The third-order valence-electron chi connectivity index (χ3n) is 2.34. The molecule has 1 aromatic rings. The van der Waals surface area contributed by atoms with Gasteiger partial charge in [0.1, 0.15) is 11.8 Å². The van der Waals surface area contributed by atoms with Crippen LogP contribution in [0.15, 0.2) is 24.3 Å². The lowest BCUT2D eigenvalue weighted by molar-refractivity contribution is -0.147. The van der Waals surface area contributed by atoms with E-state index in [-0.39, 0.29) is 11.3 Å². The molecule has 0 aliphatic carbocycles. The second kappa shape index (κ2) is 5.96. The van der Waals surface area contributed by atoms with Gasteiger partial charge in [-0.15, -0.1) is 0 Å². The van der Waals surface area contributed by atoms with Gasteiger partial charge in [0.15, 0.2) is 11.9 Å². The first-order chi connectivity index (χ1) is 8.82. The maximum absolute atomic E-state index is 12.0. The van der Waals surface area contributed by atoms with Crippen LogP contribution in [-0.2, 0) is 9.59 Å². The number of hydrogen-bond acceptors (Lipinski definition) is 5. The monoisotopic (exact) mass is 267 g/mol. The number of nitrogens with one attached hydrogen (secondary N) is 1. The number of aromatic hydroxyl groups is 1. The van der Waals surface area contributed by atoms with Crippen LogP contribution >= 0.6 is 0 Å². The van der Waals surface area contributed by atoms with Gasteiger partial charge in [0.2, 0.25) is 5.91 Å². The highest BCUT2D eigenvalue weighted by Crippen LogP contribution is 2.14. The number of amides is 1. The quantitative estimate of drug-likeness (QED) is 0.534. The van der Waals surface area contributed by atoms with E-state index in [1.54, 1.807) is 0 Å². The summed E-state index contributed by atoms with van der Waals surface area (Å²) >= 11 is 0. The van der Waals surface area contributed by atoms with Gasteiger partial charge in [-0.05, 0) is 12.1 Å². The summed E-state index contributed by atoms with van der Waals surface area (Å²) in [5.74, 6) is -3.27. The lowest BCUT2D eigenvalue weighted by Gasteiger charge is -2.19. The van der Waals surface area contributed by atoms with Crippen LogP contribution in [0.25, 0.3) is 0 Å². The number of aliphatic carboxylic acids is 1. The Morgan fingerprint density at radius 2 is 1.89 bits per heavy atom. The molecule has 0 radical (unpaired) electrons. The molecular weight excluding hydrogens is 254 g/mol. The molecule has 1 amide bonds. The molecule has 2 unspecified atom stereocenters. The van der Waals surface area contributed by atoms with Crippen molar-refractivity contribution >= 4 is 17.7 Å². The van der Waals surface area contributed by atoms with Crippen molar-refractivity contribution in [3.63, 3.8) is 0 Å². The molecule has 0 aliphatic rings. The predicted octanol–water partition coefficient (Wildman–Crippen LogP) is -0.475. The minimum Gasteiger partial charge on any atom is -0.508 e. The molecule has 2 atom stereocenters. The van der Waals surface area contributed by atoms with Crippen molar-refractivity contribution in [2.75, 3.05) is 0 Å². The van der Waals surface area contributed by atoms with Gasteiger partial charge in [0.25, 0.3) is 0 Å². The Hall–Kier alpha value is -2.41. The van der Waals surface area contributed by atoms with Crippen molar-refractivity contribution in [3.05, 3.63) is 29.8 Å². The minimum absolute atomic E-state index is 0.0148. The fourth-order valence-corrected chi connectivity index (χ4v) is 1.49. The lowest BCUT2D eigenvalue weighted by Crippen LogP contribution is -2.51. The van der Waals surface area contributed by atoms with Gasteiger partial charge in [0, 0.05) is 12.5 Å². The van der Waals surface area contributed by atoms with Crippen LogP contribution in [0.3, 0.4) is 0 Å². The molecule has 7 nitrogen and oxygen atoms in total. The van der Waals surface area contributed by atoms with E-state index in [2.05, 4.69) is 5.32 Å². The van der Waals surface area contributed by atoms with E-state index < -0.39 is 29.8 Å². The number of ketones is 1. The predicted molar refractivity (Wildman–Crippen MR) is 63.7 cm³/mol. The van der Waals surface area contributed by atoms with Gasteiger partial charge in [-0.25, -0.2) is 4.79 Å². The highest BCUT2D eigenvalue weighted by atomic mass is 16.4. The number of rotatable bonds is 5. The van der Waals surface area contributed by atoms with Gasteiger partial charge < -0.3 is 20.6 Å². The third-order valence-corrected chi connectivity index (χ3v) is 2.34. The van der Waals surface area contributed by atoms with Crippen molar-refractivity contribution in [2.24, 2.45) is 0 Å². The van der Waals surface area contributed by atoms with E-state index in [9.17, 15) is 24.6 Å². The number of aliphatic hydroxyl groups excluding tert-OH is 1. The molecule has 19 heavy (non-hydrogen) atoms. The maximum Gasteiger partial charge on any atom is 0.335 e. The van der Waals surface area contributed by atoms with Crippen molar-refractivity contribution in [3.8, 4) is 5.75 Å². The van der Waals surface area contributed by atoms with Gasteiger partial charge in [-0.1, -0.05) is 12.1 Å². The normalized spacial score (nSPS) is 13.4. The Balaban J connectivity index is 3.07. The minimum atomic E-state index is -2.07. The Morgan fingerprint density at radius 1 is 1.26 bits per heavy atom. The van der Waals surface area contributed by atoms with E-state index in [1.165, 1.54) is 18.2 Å². The molecule has 0 spiro atoms. The number of phenols is 1. The van der Waals surface area contributed by atoms with Crippen LogP contribution < -0.4 is 5.32 Å². The standard InChI is InChI=1S/C12H13NO6/c1-6(14)13-9(11(17)12(18)19)10(16)7-3-2-4-8(15)5-7/h2-5,9,11,15,17H,1H3,(H,13,14)(H,18,19). The number of aliphatic hydroxyl groups is 1. The SMILES string of the molecule is CC(=O)NC(C(=O)c1cccc(O)c1)C(O)C(=O)O. The zero-order chi connectivity index (χ0) is 14.6. The van der Waals surface area contributed by atoms with Gasteiger partial charge >= 0.3 is 5.97 Å². The molecule has 0 aromatic heterocycles. The zero-order valence-corrected chi connectivity index (χ0v) is 10.0. The van der Waals surface area contributed by atoms with E-state index in [0.29, 0.717) is 0 Å². The largest absolute Gasteiger partial charge is 0.508 e. The number of Topliss-reactive ketones (excluding diaryl/α,β-unsaturated/α-hetero) is 1. The fourth-order valence-electron chi connectivity index (χ4n) is 1.49. The molecule has 4 N–H and O–H groups in total. The molecule has 0 fully saturated rings. The highest BCUT2D eigenvalue weighted by molar-refractivity contribution is 6.04. The van der Waals surface area contributed by atoms with Crippen LogP contribution in [-0.4, -0.2) is 45.1 Å². The topological polar surface area (TPSA) is 124 Å². The smallest absolute Gasteiger partial charge is 0.335 e. The molecule has 0 bridgehead atoms. The number of carbonyl (C=O) groups excluding carboxylic acids is 2. The third kappa shape index (κ3) is 3.78. The van der Waals surface area contributed by atoms with Crippen LogP contribution in [0.2, 0.25) is 0 Å². The number of carboxylic acids is 1. The summed E-state index contributed by atoms with van der Waals surface area (Å²) in [5, 5.41) is 29.5. The zero-order valence-electron chi connectivity index (χ0n) is 10.0. The van der Waals surface area contributed by atoms with Crippen molar-refractivity contribution in [1.82, 2.24) is 5.32 Å². The summed E-state index contributed by atoms with van der Waals surface area (Å²) in [6.07, 6.45) is -2.07. The summed E-state index contributed by atoms with van der Waals surface area (Å²) in [6.45, 7) is 1.09. The summed E-state index contributed by atoms with van der Waals surface area (Å²) < 4.78 is 0. The first-order valence-electron chi connectivity index (χ1n) is 5.34. The molecule has 0 saturated carbocycles. The molecule has 0 aliphatic heterocycles. The van der Waals surface area contributed by atoms with E-state index in [0.717, 1.165) is 13.0 Å². The second-order valence-corrected chi connectivity index (χ2v) is 3.88. The molecule has 0 heterocycles. The average molecular weight is 267 g/mol. The number of carbonyl (C=O) groups is 3. The first kappa shape index (κ1) is 14.7. The van der Waals surface area contributed by atoms with Gasteiger partial charge in [0.05, 0.1) is 0 Å². The summed E-state index contributed by atoms with van der Waals surface area (Å²) in [7, 11) is 0. The first-order valence-corrected chi connectivity index (χ1v) is 5.34. The Kier molecular flexibility index (Phi) is 4.60. The number of hydrogen-bond donors (Lipinski definition) is 4.